The van der Waals surface area contributed by atoms with E-state index in [2.05, 4.69) is 0 Å². The molecule has 15 heavy (non-hydrogen) atoms. The Kier molecular flexibility index (Phi) is 1.73. The van der Waals surface area contributed by atoms with Gasteiger partial charge in [-0.1, -0.05) is 6.07 Å². The smallest absolute Gasteiger partial charge is 0.231 e. The zero-order chi connectivity index (χ0) is 10.3. The SMILES string of the molecule is O=CC1(c2ccc3c(c2)OCO3)COC1. The van der Waals surface area contributed by atoms with Crippen LogP contribution in [0.1, 0.15) is 5.56 Å². The molecule has 1 aromatic rings. The zero-order valence-electron chi connectivity index (χ0n) is 8.06. The fourth-order valence-electron chi connectivity index (χ4n) is 1.83. The number of ether oxygens (including phenoxy) is 3. The van der Waals surface area contributed by atoms with Crippen molar-refractivity contribution >= 4 is 6.29 Å². The van der Waals surface area contributed by atoms with E-state index in [0.29, 0.717) is 19.0 Å². The second-order valence-electron chi connectivity index (χ2n) is 3.83. The summed E-state index contributed by atoms with van der Waals surface area (Å²) in [5.74, 6) is 1.45. The summed E-state index contributed by atoms with van der Waals surface area (Å²) in [5.41, 5.74) is 0.467. The summed E-state index contributed by atoms with van der Waals surface area (Å²) in [4.78, 5) is 11.1. The van der Waals surface area contributed by atoms with Gasteiger partial charge in [-0.3, -0.25) is 0 Å². The molecule has 0 saturated carbocycles. The first-order valence-electron chi connectivity index (χ1n) is 4.78. The van der Waals surface area contributed by atoms with Gasteiger partial charge in [0.1, 0.15) is 6.29 Å². The van der Waals surface area contributed by atoms with Gasteiger partial charge in [-0.2, -0.15) is 0 Å². The Hall–Kier alpha value is -1.55. The Morgan fingerprint density at radius 1 is 1.20 bits per heavy atom. The maximum Gasteiger partial charge on any atom is 0.231 e. The number of benzene rings is 1. The Bertz CT molecular complexity index is 409. The standard InChI is InChI=1S/C11H10O4/c12-4-11(5-13-6-11)8-1-2-9-10(3-8)15-7-14-9/h1-4H,5-7H2. The lowest BCUT2D eigenvalue weighted by atomic mass is 9.80. The van der Waals surface area contributed by atoms with Crippen LogP contribution in [-0.4, -0.2) is 26.3 Å². The normalized spacial score (nSPS) is 20.8. The Balaban J connectivity index is 2.02. The maximum atomic E-state index is 11.1. The Labute approximate surface area is 86.7 Å². The van der Waals surface area contributed by atoms with Crippen LogP contribution in [0.15, 0.2) is 18.2 Å². The fourth-order valence-corrected chi connectivity index (χ4v) is 1.83. The third-order valence-corrected chi connectivity index (χ3v) is 2.89. The van der Waals surface area contributed by atoms with E-state index in [9.17, 15) is 4.79 Å². The third kappa shape index (κ3) is 1.15. The summed E-state index contributed by atoms with van der Waals surface area (Å²) in [7, 11) is 0. The van der Waals surface area contributed by atoms with Crippen molar-refractivity contribution in [2.24, 2.45) is 0 Å². The van der Waals surface area contributed by atoms with Gasteiger partial charge in [0.25, 0.3) is 0 Å². The van der Waals surface area contributed by atoms with Crippen molar-refractivity contribution in [1.29, 1.82) is 0 Å². The minimum absolute atomic E-state index is 0.253. The summed E-state index contributed by atoms with van der Waals surface area (Å²) >= 11 is 0. The second kappa shape index (κ2) is 2.97. The molecular weight excluding hydrogens is 196 g/mol. The van der Waals surface area contributed by atoms with Crippen LogP contribution in [0, 0.1) is 0 Å². The van der Waals surface area contributed by atoms with E-state index in [1.165, 1.54) is 0 Å². The topological polar surface area (TPSA) is 44.8 Å². The molecule has 3 rings (SSSR count). The highest BCUT2D eigenvalue weighted by atomic mass is 16.7. The first-order chi connectivity index (χ1) is 7.34. The lowest BCUT2D eigenvalue weighted by Crippen LogP contribution is -2.48. The summed E-state index contributed by atoms with van der Waals surface area (Å²) in [6, 6.07) is 5.59. The van der Waals surface area contributed by atoms with Gasteiger partial charge in [-0.15, -0.1) is 0 Å². The molecule has 0 unspecified atom stereocenters. The van der Waals surface area contributed by atoms with Crippen LogP contribution in [0.25, 0.3) is 0 Å². The molecule has 0 radical (unpaired) electrons. The number of fused-ring (bicyclic) bond motifs is 1. The van der Waals surface area contributed by atoms with Crippen molar-refractivity contribution in [3.05, 3.63) is 23.8 Å². The molecule has 0 amide bonds. The van der Waals surface area contributed by atoms with E-state index in [1.807, 2.05) is 18.2 Å². The predicted octanol–water partition coefficient (Wildman–Crippen LogP) is 0.882. The van der Waals surface area contributed by atoms with Gasteiger partial charge in [0, 0.05) is 0 Å². The van der Waals surface area contributed by atoms with Crippen molar-refractivity contribution in [3.8, 4) is 11.5 Å². The van der Waals surface area contributed by atoms with Crippen LogP contribution in [-0.2, 0) is 14.9 Å². The molecule has 0 bridgehead atoms. The zero-order valence-corrected chi connectivity index (χ0v) is 8.06. The minimum Gasteiger partial charge on any atom is -0.454 e. The molecule has 4 heteroatoms. The van der Waals surface area contributed by atoms with Gasteiger partial charge in [0.15, 0.2) is 11.5 Å². The van der Waals surface area contributed by atoms with E-state index in [1.54, 1.807) is 0 Å². The van der Waals surface area contributed by atoms with Gasteiger partial charge in [0.05, 0.1) is 18.6 Å². The lowest BCUT2D eigenvalue weighted by Gasteiger charge is -2.36. The third-order valence-electron chi connectivity index (χ3n) is 2.89. The van der Waals surface area contributed by atoms with Crippen molar-refractivity contribution in [1.82, 2.24) is 0 Å². The monoisotopic (exact) mass is 206 g/mol. The minimum atomic E-state index is -0.471. The van der Waals surface area contributed by atoms with Gasteiger partial charge in [-0.05, 0) is 17.7 Å². The molecule has 0 aliphatic carbocycles. The molecule has 0 atom stereocenters. The van der Waals surface area contributed by atoms with Gasteiger partial charge < -0.3 is 19.0 Å². The van der Waals surface area contributed by atoms with Gasteiger partial charge in [-0.25, -0.2) is 0 Å². The number of rotatable bonds is 2. The van der Waals surface area contributed by atoms with Crippen LogP contribution in [0.4, 0.5) is 0 Å². The summed E-state index contributed by atoms with van der Waals surface area (Å²) in [5, 5.41) is 0. The first kappa shape index (κ1) is 8.73. The average molecular weight is 206 g/mol. The summed E-state index contributed by atoms with van der Waals surface area (Å²) in [6.45, 7) is 1.16. The summed E-state index contributed by atoms with van der Waals surface area (Å²) in [6.07, 6.45) is 0.952. The van der Waals surface area contributed by atoms with E-state index in [0.717, 1.165) is 17.6 Å². The van der Waals surface area contributed by atoms with Gasteiger partial charge in [0.2, 0.25) is 6.79 Å². The van der Waals surface area contributed by atoms with Gasteiger partial charge >= 0.3 is 0 Å². The van der Waals surface area contributed by atoms with Crippen LogP contribution < -0.4 is 9.47 Å². The second-order valence-corrected chi connectivity index (χ2v) is 3.83. The van der Waals surface area contributed by atoms with E-state index >= 15 is 0 Å². The quantitative estimate of drug-likeness (QED) is 0.674. The molecule has 78 valence electrons. The van der Waals surface area contributed by atoms with Crippen LogP contribution in [0.2, 0.25) is 0 Å². The van der Waals surface area contributed by atoms with E-state index < -0.39 is 5.41 Å². The van der Waals surface area contributed by atoms with Crippen LogP contribution in [0.3, 0.4) is 0 Å². The molecule has 2 heterocycles. The predicted molar refractivity (Wildman–Crippen MR) is 51.1 cm³/mol. The molecule has 4 nitrogen and oxygen atoms in total. The van der Waals surface area contributed by atoms with Crippen molar-refractivity contribution in [3.63, 3.8) is 0 Å². The summed E-state index contributed by atoms with van der Waals surface area (Å²) < 4.78 is 15.6. The van der Waals surface area contributed by atoms with E-state index in [4.69, 9.17) is 14.2 Å². The fraction of sp³-hybridized carbons (Fsp3) is 0.364. The van der Waals surface area contributed by atoms with Crippen LogP contribution >= 0.6 is 0 Å². The molecule has 2 aliphatic heterocycles. The highest BCUT2D eigenvalue weighted by molar-refractivity contribution is 5.71. The highest BCUT2D eigenvalue weighted by Crippen LogP contribution is 2.38. The number of hydrogen-bond donors (Lipinski definition) is 0. The number of aldehydes is 1. The molecule has 2 aliphatic rings. The number of hydrogen-bond acceptors (Lipinski definition) is 4. The molecule has 0 N–H and O–H groups in total. The Morgan fingerprint density at radius 2 is 2.00 bits per heavy atom. The van der Waals surface area contributed by atoms with Crippen molar-refractivity contribution < 1.29 is 19.0 Å². The molecule has 0 aromatic heterocycles. The number of carbonyl (C=O) groups is 1. The van der Waals surface area contributed by atoms with Crippen LogP contribution in [0.5, 0.6) is 11.5 Å². The molecular formula is C11H10O4. The maximum absolute atomic E-state index is 11.1. The highest BCUT2D eigenvalue weighted by Gasteiger charge is 2.41. The molecule has 1 fully saturated rings. The number of carbonyl (C=O) groups excluding carboxylic acids is 1. The molecule has 1 saturated heterocycles. The van der Waals surface area contributed by atoms with Crippen molar-refractivity contribution in [2.45, 2.75) is 5.41 Å². The Morgan fingerprint density at radius 3 is 2.67 bits per heavy atom. The van der Waals surface area contributed by atoms with E-state index in [-0.39, 0.29) is 6.79 Å². The first-order valence-corrected chi connectivity index (χ1v) is 4.78. The molecule has 0 spiro atoms. The van der Waals surface area contributed by atoms with Crippen molar-refractivity contribution in [2.75, 3.05) is 20.0 Å². The molecule has 1 aromatic carbocycles. The average Bonchev–Trinajstić information content (AvgIpc) is 2.64. The lowest BCUT2D eigenvalue weighted by molar-refractivity contribution is -0.129. The largest absolute Gasteiger partial charge is 0.454 e.